The summed E-state index contributed by atoms with van der Waals surface area (Å²) in [5.74, 6) is -0.217. The van der Waals surface area contributed by atoms with Crippen LogP contribution in [0.1, 0.15) is 29.8 Å². The van der Waals surface area contributed by atoms with Crippen molar-refractivity contribution >= 4 is 29.2 Å². The monoisotopic (exact) mass is 361 g/mol. The van der Waals surface area contributed by atoms with Gasteiger partial charge < -0.3 is 14.8 Å². The van der Waals surface area contributed by atoms with Crippen LogP contribution in [0.15, 0.2) is 42.5 Å². The lowest BCUT2D eigenvalue weighted by molar-refractivity contribution is -0.122. The summed E-state index contributed by atoms with van der Waals surface area (Å²) >= 11 is 5.97. The first-order valence-corrected chi connectivity index (χ1v) is 8.27. The molecule has 1 N–H and O–H groups in total. The fraction of sp³-hybridized carbons (Fsp3) is 0.263. The van der Waals surface area contributed by atoms with E-state index in [4.69, 9.17) is 16.3 Å². The second kappa shape index (κ2) is 8.53. The first kappa shape index (κ1) is 18.8. The molecule has 1 amide bonds. The van der Waals surface area contributed by atoms with E-state index >= 15 is 0 Å². The standard InChI is InChI=1S/C19H20ClNO4/c1-4-13-7-5-6-8-17(13)25-12(2)18(22)21-14-9-10-16(20)15(11-14)19(23)24-3/h5-12H,4H2,1-3H3,(H,21,22). The molecule has 1 atom stereocenters. The Balaban J connectivity index is 2.10. The van der Waals surface area contributed by atoms with Crippen LogP contribution in [-0.4, -0.2) is 25.1 Å². The number of para-hydroxylation sites is 1. The SMILES string of the molecule is CCc1ccccc1OC(C)C(=O)Nc1ccc(Cl)c(C(=O)OC)c1. The van der Waals surface area contributed by atoms with Crippen molar-refractivity contribution in [3.8, 4) is 5.75 Å². The second-order valence-corrected chi connectivity index (χ2v) is 5.80. The number of carbonyl (C=O) groups excluding carboxylic acids is 2. The summed E-state index contributed by atoms with van der Waals surface area (Å²) in [6.07, 6.45) is 0.106. The summed E-state index contributed by atoms with van der Waals surface area (Å²) in [6.45, 7) is 3.69. The number of esters is 1. The molecule has 0 saturated carbocycles. The van der Waals surface area contributed by atoms with Gasteiger partial charge in [-0.2, -0.15) is 0 Å². The molecular formula is C19H20ClNO4. The maximum atomic E-state index is 12.4. The van der Waals surface area contributed by atoms with E-state index in [2.05, 4.69) is 10.1 Å². The van der Waals surface area contributed by atoms with Crippen molar-refractivity contribution in [2.45, 2.75) is 26.4 Å². The minimum atomic E-state index is -0.704. The molecular weight excluding hydrogens is 342 g/mol. The highest BCUT2D eigenvalue weighted by atomic mass is 35.5. The molecule has 0 fully saturated rings. The number of amides is 1. The molecule has 2 aromatic carbocycles. The van der Waals surface area contributed by atoms with Gasteiger partial charge in [-0.05, 0) is 43.2 Å². The van der Waals surface area contributed by atoms with Gasteiger partial charge in [0.1, 0.15) is 5.75 Å². The van der Waals surface area contributed by atoms with E-state index in [0.29, 0.717) is 11.4 Å². The molecule has 0 saturated heterocycles. The van der Waals surface area contributed by atoms with Crippen molar-refractivity contribution in [2.75, 3.05) is 12.4 Å². The lowest BCUT2D eigenvalue weighted by Gasteiger charge is -2.17. The van der Waals surface area contributed by atoms with Gasteiger partial charge in [0.2, 0.25) is 0 Å². The van der Waals surface area contributed by atoms with Gasteiger partial charge in [-0.15, -0.1) is 0 Å². The van der Waals surface area contributed by atoms with Gasteiger partial charge >= 0.3 is 5.97 Å². The van der Waals surface area contributed by atoms with Crippen LogP contribution in [0, 0.1) is 0 Å². The second-order valence-electron chi connectivity index (χ2n) is 5.40. The predicted octanol–water partition coefficient (Wildman–Crippen LogP) is 4.10. The van der Waals surface area contributed by atoms with E-state index in [1.807, 2.05) is 31.2 Å². The normalized spacial score (nSPS) is 11.5. The lowest BCUT2D eigenvalue weighted by Crippen LogP contribution is -2.30. The van der Waals surface area contributed by atoms with E-state index in [9.17, 15) is 9.59 Å². The number of hydrogen-bond acceptors (Lipinski definition) is 4. The third-order valence-electron chi connectivity index (χ3n) is 3.67. The summed E-state index contributed by atoms with van der Waals surface area (Å²) in [5.41, 5.74) is 1.66. The van der Waals surface area contributed by atoms with Crippen LogP contribution >= 0.6 is 11.6 Å². The van der Waals surface area contributed by atoms with Gasteiger partial charge in [0.05, 0.1) is 17.7 Å². The number of hydrogen-bond donors (Lipinski definition) is 1. The maximum Gasteiger partial charge on any atom is 0.339 e. The van der Waals surface area contributed by atoms with Gasteiger partial charge in [0.15, 0.2) is 6.10 Å². The highest BCUT2D eigenvalue weighted by molar-refractivity contribution is 6.33. The molecule has 132 valence electrons. The van der Waals surface area contributed by atoms with Crippen LogP contribution in [0.3, 0.4) is 0 Å². The lowest BCUT2D eigenvalue weighted by atomic mass is 10.1. The van der Waals surface area contributed by atoms with Crippen molar-refractivity contribution in [3.05, 3.63) is 58.6 Å². The molecule has 0 heterocycles. The average Bonchev–Trinajstić information content (AvgIpc) is 2.62. The molecule has 0 aliphatic carbocycles. The summed E-state index contributed by atoms with van der Waals surface area (Å²) in [4.78, 5) is 24.0. The minimum Gasteiger partial charge on any atom is -0.481 e. The highest BCUT2D eigenvalue weighted by Crippen LogP contribution is 2.23. The molecule has 5 nitrogen and oxygen atoms in total. The van der Waals surface area contributed by atoms with Crippen molar-refractivity contribution in [2.24, 2.45) is 0 Å². The average molecular weight is 362 g/mol. The van der Waals surface area contributed by atoms with E-state index in [-0.39, 0.29) is 16.5 Å². The molecule has 0 spiro atoms. The zero-order valence-electron chi connectivity index (χ0n) is 14.3. The van der Waals surface area contributed by atoms with Gasteiger partial charge in [-0.3, -0.25) is 4.79 Å². The molecule has 0 aliphatic rings. The van der Waals surface area contributed by atoms with E-state index in [0.717, 1.165) is 12.0 Å². The zero-order chi connectivity index (χ0) is 18.4. The molecule has 0 radical (unpaired) electrons. The quantitative estimate of drug-likeness (QED) is 0.787. The largest absolute Gasteiger partial charge is 0.481 e. The topological polar surface area (TPSA) is 64.6 Å². The van der Waals surface area contributed by atoms with Crippen molar-refractivity contribution in [1.29, 1.82) is 0 Å². The van der Waals surface area contributed by atoms with Crippen LogP contribution in [0.4, 0.5) is 5.69 Å². The van der Waals surface area contributed by atoms with Crippen LogP contribution in [0.5, 0.6) is 5.75 Å². The van der Waals surface area contributed by atoms with Crippen molar-refractivity contribution in [3.63, 3.8) is 0 Å². The zero-order valence-corrected chi connectivity index (χ0v) is 15.1. The first-order chi connectivity index (χ1) is 12.0. The number of aryl methyl sites for hydroxylation is 1. The molecule has 1 unspecified atom stereocenters. The number of halogens is 1. The smallest absolute Gasteiger partial charge is 0.339 e. The molecule has 2 aromatic rings. The van der Waals surface area contributed by atoms with Gasteiger partial charge in [-0.25, -0.2) is 4.79 Å². The minimum absolute atomic E-state index is 0.187. The van der Waals surface area contributed by atoms with Crippen LogP contribution < -0.4 is 10.1 Å². The number of carbonyl (C=O) groups is 2. The number of anilines is 1. The van der Waals surface area contributed by atoms with Crippen LogP contribution in [-0.2, 0) is 16.0 Å². The van der Waals surface area contributed by atoms with Gasteiger partial charge in [-0.1, -0.05) is 36.7 Å². The Hall–Kier alpha value is -2.53. The van der Waals surface area contributed by atoms with Crippen molar-refractivity contribution in [1.82, 2.24) is 0 Å². The predicted molar refractivity (Wildman–Crippen MR) is 97.3 cm³/mol. The molecule has 6 heteroatoms. The Morgan fingerprint density at radius 3 is 2.60 bits per heavy atom. The number of methoxy groups -OCH3 is 1. The van der Waals surface area contributed by atoms with Crippen molar-refractivity contribution < 1.29 is 19.1 Å². The number of nitrogens with one attached hydrogen (secondary N) is 1. The molecule has 0 aliphatic heterocycles. The van der Waals surface area contributed by atoms with Crippen LogP contribution in [0.2, 0.25) is 5.02 Å². The van der Waals surface area contributed by atoms with Crippen LogP contribution in [0.25, 0.3) is 0 Å². The Bertz CT molecular complexity index is 776. The number of benzene rings is 2. The van der Waals surface area contributed by atoms with Gasteiger partial charge in [0, 0.05) is 5.69 Å². The van der Waals surface area contributed by atoms with E-state index < -0.39 is 12.1 Å². The third kappa shape index (κ3) is 4.73. The van der Waals surface area contributed by atoms with E-state index in [1.165, 1.54) is 19.2 Å². The summed E-state index contributed by atoms with van der Waals surface area (Å²) in [7, 11) is 1.27. The number of rotatable bonds is 6. The Labute approximate surface area is 151 Å². The summed E-state index contributed by atoms with van der Waals surface area (Å²) in [6, 6.07) is 12.2. The molecule has 0 aromatic heterocycles. The Morgan fingerprint density at radius 2 is 1.92 bits per heavy atom. The molecule has 0 bridgehead atoms. The number of ether oxygens (including phenoxy) is 2. The van der Waals surface area contributed by atoms with E-state index in [1.54, 1.807) is 13.0 Å². The molecule has 2 rings (SSSR count). The third-order valence-corrected chi connectivity index (χ3v) is 4.00. The highest BCUT2D eigenvalue weighted by Gasteiger charge is 2.18. The maximum absolute atomic E-state index is 12.4. The first-order valence-electron chi connectivity index (χ1n) is 7.89. The Morgan fingerprint density at radius 1 is 1.20 bits per heavy atom. The molecule has 25 heavy (non-hydrogen) atoms. The fourth-order valence-electron chi connectivity index (χ4n) is 2.27. The summed E-state index contributed by atoms with van der Waals surface area (Å²) in [5, 5.41) is 2.97. The summed E-state index contributed by atoms with van der Waals surface area (Å²) < 4.78 is 10.4. The fourth-order valence-corrected chi connectivity index (χ4v) is 2.46. The Kier molecular flexibility index (Phi) is 6.42. The van der Waals surface area contributed by atoms with Gasteiger partial charge in [0.25, 0.3) is 5.91 Å².